The van der Waals surface area contributed by atoms with Gasteiger partial charge < -0.3 is 15.3 Å². The van der Waals surface area contributed by atoms with Crippen molar-refractivity contribution in [1.29, 1.82) is 0 Å². The summed E-state index contributed by atoms with van der Waals surface area (Å²) in [6.07, 6.45) is 3.97. The minimum absolute atomic E-state index is 0.0197. The van der Waals surface area contributed by atoms with E-state index in [9.17, 15) is 9.59 Å². The van der Waals surface area contributed by atoms with Crippen molar-refractivity contribution < 1.29 is 14.7 Å². The second kappa shape index (κ2) is 5.16. The third-order valence-corrected chi connectivity index (χ3v) is 3.94. The van der Waals surface area contributed by atoms with Gasteiger partial charge in [-0.05, 0) is 45.4 Å². The summed E-state index contributed by atoms with van der Waals surface area (Å²) >= 11 is 0. The first kappa shape index (κ1) is 13.2. The van der Waals surface area contributed by atoms with Gasteiger partial charge in [-0.2, -0.15) is 0 Å². The quantitative estimate of drug-likeness (QED) is 0.807. The molecule has 0 aromatic heterocycles. The molecule has 2 saturated heterocycles. The van der Waals surface area contributed by atoms with Crippen LogP contribution in [0.4, 0.5) is 4.79 Å². The van der Waals surface area contributed by atoms with Crippen molar-refractivity contribution in [1.82, 2.24) is 10.2 Å². The maximum Gasteiger partial charge on any atom is 0.318 e. The smallest absolute Gasteiger partial charge is 0.318 e. The van der Waals surface area contributed by atoms with Crippen molar-refractivity contribution in [2.75, 3.05) is 0 Å². The molecule has 2 aliphatic heterocycles. The molecule has 2 rings (SSSR count). The number of nitrogens with zero attached hydrogens (tertiary/aromatic N) is 1. The molecule has 0 spiro atoms. The molecular weight excluding hydrogens is 232 g/mol. The number of aliphatic carboxylic acids is 1. The normalized spacial score (nSPS) is 30.6. The number of nitrogens with one attached hydrogen (secondary N) is 1. The number of piperidine rings is 1. The highest BCUT2D eigenvalue weighted by molar-refractivity contribution is 5.76. The number of carbonyl (C=O) groups is 2. The first-order chi connectivity index (χ1) is 8.47. The second-order valence-electron chi connectivity index (χ2n) is 5.83. The average molecular weight is 254 g/mol. The molecule has 2 bridgehead atoms. The van der Waals surface area contributed by atoms with Gasteiger partial charge in [0.05, 0.1) is 0 Å². The first-order valence-corrected chi connectivity index (χ1v) is 6.78. The minimum atomic E-state index is -0.723. The fourth-order valence-electron chi connectivity index (χ4n) is 3.36. The molecule has 0 aromatic rings. The summed E-state index contributed by atoms with van der Waals surface area (Å²) in [5.74, 6) is -0.484. The second-order valence-corrected chi connectivity index (χ2v) is 5.83. The molecule has 18 heavy (non-hydrogen) atoms. The minimum Gasteiger partial charge on any atom is -0.481 e. The van der Waals surface area contributed by atoms with Crippen LogP contribution in [0.15, 0.2) is 0 Å². The van der Waals surface area contributed by atoms with Crippen LogP contribution in [-0.4, -0.2) is 40.1 Å². The van der Waals surface area contributed by atoms with Crippen LogP contribution in [0.3, 0.4) is 0 Å². The Hall–Kier alpha value is -1.26. The predicted molar refractivity (Wildman–Crippen MR) is 67.3 cm³/mol. The summed E-state index contributed by atoms with van der Waals surface area (Å²) in [4.78, 5) is 24.8. The Balaban J connectivity index is 1.97. The van der Waals surface area contributed by atoms with Crippen molar-refractivity contribution in [2.24, 2.45) is 5.92 Å². The monoisotopic (exact) mass is 254 g/mol. The molecule has 0 aromatic carbocycles. The van der Waals surface area contributed by atoms with E-state index in [0.29, 0.717) is 0 Å². The van der Waals surface area contributed by atoms with Crippen LogP contribution in [0.2, 0.25) is 0 Å². The number of fused-ring (bicyclic) bond motifs is 2. The van der Waals surface area contributed by atoms with Gasteiger partial charge in [0.25, 0.3) is 0 Å². The maximum absolute atomic E-state index is 12.1. The van der Waals surface area contributed by atoms with Crippen molar-refractivity contribution in [2.45, 2.75) is 64.1 Å². The van der Waals surface area contributed by atoms with E-state index in [2.05, 4.69) is 5.32 Å². The fraction of sp³-hybridized carbons (Fsp3) is 0.846. The molecule has 2 amide bonds. The molecule has 2 heterocycles. The van der Waals surface area contributed by atoms with Crippen LogP contribution in [0.25, 0.3) is 0 Å². The van der Waals surface area contributed by atoms with E-state index >= 15 is 0 Å². The molecule has 0 saturated carbocycles. The van der Waals surface area contributed by atoms with E-state index in [1.54, 1.807) is 0 Å². The van der Waals surface area contributed by atoms with Crippen LogP contribution in [0, 0.1) is 5.92 Å². The van der Waals surface area contributed by atoms with Crippen molar-refractivity contribution in [3.05, 3.63) is 0 Å². The number of carboxylic acid groups (broad SMARTS) is 1. The molecule has 5 nitrogen and oxygen atoms in total. The van der Waals surface area contributed by atoms with Crippen molar-refractivity contribution in [3.63, 3.8) is 0 Å². The van der Waals surface area contributed by atoms with Gasteiger partial charge >= 0.3 is 12.0 Å². The largest absolute Gasteiger partial charge is 0.481 e. The number of hydrogen-bond donors (Lipinski definition) is 2. The molecule has 2 aliphatic rings. The van der Waals surface area contributed by atoms with Crippen LogP contribution < -0.4 is 5.32 Å². The lowest BCUT2D eigenvalue weighted by molar-refractivity contribution is -0.138. The molecule has 2 unspecified atom stereocenters. The standard InChI is InChI=1S/C13H22N2O3/c1-8(2)14-13(18)15-10-3-4-11(15)6-9(5-10)7-12(16)17/h8-11H,3-7H2,1-2H3,(H,14,18)(H,16,17). The zero-order chi connectivity index (χ0) is 13.3. The molecule has 0 radical (unpaired) electrons. The molecular formula is C13H22N2O3. The van der Waals surface area contributed by atoms with Crippen molar-refractivity contribution in [3.8, 4) is 0 Å². The summed E-state index contributed by atoms with van der Waals surface area (Å²) in [7, 11) is 0. The average Bonchev–Trinajstić information content (AvgIpc) is 2.49. The van der Waals surface area contributed by atoms with Crippen LogP contribution in [0.5, 0.6) is 0 Å². The molecule has 2 atom stereocenters. The Labute approximate surface area is 108 Å². The third kappa shape index (κ3) is 2.76. The zero-order valence-electron chi connectivity index (χ0n) is 11.1. The zero-order valence-corrected chi connectivity index (χ0v) is 11.1. The fourth-order valence-corrected chi connectivity index (χ4v) is 3.36. The molecule has 2 N–H and O–H groups in total. The Morgan fingerprint density at radius 1 is 1.28 bits per heavy atom. The molecule has 102 valence electrons. The molecule has 0 aliphatic carbocycles. The summed E-state index contributed by atoms with van der Waals surface area (Å²) < 4.78 is 0. The first-order valence-electron chi connectivity index (χ1n) is 6.78. The summed E-state index contributed by atoms with van der Waals surface area (Å²) in [5, 5.41) is 11.8. The van der Waals surface area contributed by atoms with Gasteiger partial charge in [0.2, 0.25) is 0 Å². The third-order valence-electron chi connectivity index (χ3n) is 3.94. The Morgan fingerprint density at radius 2 is 1.83 bits per heavy atom. The maximum atomic E-state index is 12.1. The van der Waals surface area contributed by atoms with Gasteiger partial charge in [0.15, 0.2) is 0 Å². The molecule has 2 fully saturated rings. The Morgan fingerprint density at radius 3 is 2.28 bits per heavy atom. The topological polar surface area (TPSA) is 69.6 Å². The number of carboxylic acids is 1. The summed E-state index contributed by atoms with van der Waals surface area (Å²) in [6, 6.07) is 0.651. The predicted octanol–water partition coefficient (Wildman–Crippen LogP) is 1.82. The van der Waals surface area contributed by atoms with Gasteiger partial charge in [-0.3, -0.25) is 4.79 Å². The number of carbonyl (C=O) groups excluding carboxylic acids is 1. The van der Waals surface area contributed by atoms with Crippen LogP contribution >= 0.6 is 0 Å². The number of hydrogen-bond acceptors (Lipinski definition) is 2. The van der Waals surface area contributed by atoms with Gasteiger partial charge in [-0.25, -0.2) is 4.79 Å². The van der Waals surface area contributed by atoms with Crippen LogP contribution in [-0.2, 0) is 4.79 Å². The van der Waals surface area contributed by atoms with E-state index in [-0.39, 0.29) is 36.5 Å². The van der Waals surface area contributed by atoms with E-state index in [4.69, 9.17) is 5.11 Å². The Kier molecular flexibility index (Phi) is 3.78. The molecule has 5 heteroatoms. The SMILES string of the molecule is CC(C)NC(=O)N1C2CCC1CC(CC(=O)O)C2. The van der Waals surface area contributed by atoms with Gasteiger partial charge in [0, 0.05) is 24.5 Å². The van der Waals surface area contributed by atoms with Gasteiger partial charge in [-0.1, -0.05) is 0 Å². The van der Waals surface area contributed by atoms with Gasteiger partial charge in [-0.15, -0.1) is 0 Å². The van der Waals surface area contributed by atoms with E-state index in [0.717, 1.165) is 25.7 Å². The van der Waals surface area contributed by atoms with E-state index in [1.807, 2.05) is 18.7 Å². The number of urea groups is 1. The van der Waals surface area contributed by atoms with Gasteiger partial charge in [0.1, 0.15) is 0 Å². The lowest BCUT2D eigenvalue weighted by Crippen LogP contribution is -2.52. The van der Waals surface area contributed by atoms with E-state index < -0.39 is 5.97 Å². The van der Waals surface area contributed by atoms with Crippen LogP contribution in [0.1, 0.15) is 46.0 Å². The highest BCUT2D eigenvalue weighted by atomic mass is 16.4. The highest BCUT2D eigenvalue weighted by Crippen LogP contribution is 2.39. The summed E-state index contributed by atoms with van der Waals surface area (Å²) in [6.45, 7) is 3.91. The Bertz CT molecular complexity index is 329. The number of rotatable bonds is 3. The highest BCUT2D eigenvalue weighted by Gasteiger charge is 2.43. The van der Waals surface area contributed by atoms with Crippen molar-refractivity contribution >= 4 is 12.0 Å². The van der Waals surface area contributed by atoms with E-state index in [1.165, 1.54) is 0 Å². The number of amides is 2. The lowest BCUT2D eigenvalue weighted by Gasteiger charge is -2.38. The lowest BCUT2D eigenvalue weighted by atomic mass is 9.88. The summed E-state index contributed by atoms with van der Waals surface area (Å²) in [5.41, 5.74) is 0.